The molecule has 0 amide bonds. The molecule has 0 radical (unpaired) electrons. The molecule has 5 nitrogen and oxygen atoms in total. The monoisotopic (exact) mass is 225 g/mol. The molecule has 1 aromatic rings. The van der Waals surface area contributed by atoms with Gasteiger partial charge >= 0.3 is 13.3 Å². The maximum atomic E-state index is 12.9. The molecule has 1 aromatic heterocycles. The zero-order valence-electron chi connectivity index (χ0n) is 6.65. The highest BCUT2D eigenvalue weighted by Gasteiger charge is 2.50. The summed E-state index contributed by atoms with van der Waals surface area (Å²) in [5, 5.41) is 0. The van der Waals surface area contributed by atoms with Crippen molar-refractivity contribution in [3.8, 4) is 0 Å². The van der Waals surface area contributed by atoms with Crippen LogP contribution in [0, 0.1) is 0 Å². The number of hydrogen-bond acceptors (Lipinski definition) is 2. The van der Waals surface area contributed by atoms with Gasteiger partial charge in [0, 0.05) is 17.8 Å². The molecule has 0 aliphatic rings. The summed E-state index contributed by atoms with van der Waals surface area (Å²) in [7, 11) is -5.60. The largest absolute Gasteiger partial charge is 0.399 e. The lowest BCUT2D eigenvalue weighted by molar-refractivity contribution is 0.0562. The predicted octanol–water partition coefficient (Wildman–Crippen LogP) is 0.602. The molecule has 8 heteroatoms. The number of aromatic amines is 1. The van der Waals surface area contributed by atoms with E-state index in [4.69, 9.17) is 9.79 Å². The number of aromatic nitrogens is 1. The number of pyridine rings is 1. The van der Waals surface area contributed by atoms with Gasteiger partial charge in [0.25, 0.3) is 0 Å². The minimum atomic E-state index is -5.60. The van der Waals surface area contributed by atoms with Crippen LogP contribution in [0.5, 0.6) is 0 Å². The lowest BCUT2D eigenvalue weighted by Gasteiger charge is -2.16. The van der Waals surface area contributed by atoms with Crippen LogP contribution in [-0.4, -0.2) is 14.8 Å². The van der Waals surface area contributed by atoms with Crippen LogP contribution in [0.4, 0.5) is 8.78 Å². The van der Waals surface area contributed by atoms with Gasteiger partial charge in [-0.25, -0.2) is 0 Å². The van der Waals surface area contributed by atoms with Crippen LogP contribution < -0.4 is 5.56 Å². The Hall–Kier alpha value is -1.04. The molecule has 0 atom stereocenters. The van der Waals surface area contributed by atoms with E-state index in [1.54, 1.807) is 0 Å². The Morgan fingerprint density at radius 2 is 2.00 bits per heavy atom. The summed E-state index contributed by atoms with van der Waals surface area (Å²) in [5.74, 6) is 0. The van der Waals surface area contributed by atoms with Gasteiger partial charge in [0.05, 0.1) is 0 Å². The Morgan fingerprint density at radius 1 is 1.43 bits per heavy atom. The molecule has 0 unspecified atom stereocenters. The number of H-pyrrole nitrogens is 1. The average molecular weight is 225 g/mol. The Kier molecular flexibility index (Phi) is 2.58. The van der Waals surface area contributed by atoms with Gasteiger partial charge in [-0.2, -0.15) is 8.78 Å². The van der Waals surface area contributed by atoms with E-state index in [1.807, 2.05) is 0 Å². The highest BCUT2D eigenvalue weighted by atomic mass is 31.2. The molecular formula is C6H6F2NO4P. The standard InChI is InChI=1S/C6H6F2NO4P/c7-6(8,14(11,12)13)4-1-2-9-5(10)3-4/h1-3H,(H,9,10)(H2,11,12,13). The predicted molar refractivity (Wildman–Crippen MR) is 43.0 cm³/mol. The van der Waals surface area contributed by atoms with Gasteiger partial charge in [0.1, 0.15) is 0 Å². The van der Waals surface area contributed by atoms with Gasteiger partial charge in [-0.15, -0.1) is 0 Å². The van der Waals surface area contributed by atoms with Gasteiger partial charge in [-0.1, -0.05) is 0 Å². The van der Waals surface area contributed by atoms with Gasteiger partial charge in [0.2, 0.25) is 5.56 Å². The maximum absolute atomic E-state index is 12.9. The number of halogens is 2. The number of alkyl halides is 2. The molecule has 0 spiro atoms. The Labute approximate surface area is 76.6 Å². The third-order valence-corrected chi connectivity index (χ3v) is 2.48. The minimum Gasteiger partial charge on any atom is -0.329 e. The van der Waals surface area contributed by atoms with E-state index < -0.39 is 24.4 Å². The summed E-state index contributed by atoms with van der Waals surface area (Å²) in [6.07, 6.45) is 0.890. The van der Waals surface area contributed by atoms with Crippen molar-refractivity contribution >= 4 is 7.60 Å². The SMILES string of the molecule is O=c1cc(C(F)(F)P(=O)(O)O)cc[nH]1. The second kappa shape index (κ2) is 3.27. The smallest absolute Gasteiger partial charge is 0.329 e. The highest BCUT2D eigenvalue weighted by molar-refractivity contribution is 7.52. The third kappa shape index (κ3) is 1.89. The second-order valence-corrected chi connectivity index (χ2v) is 4.18. The molecule has 3 N–H and O–H groups in total. The normalized spacial score (nSPS) is 12.9. The number of rotatable bonds is 2. The summed E-state index contributed by atoms with van der Waals surface area (Å²) in [5.41, 5.74) is -6.19. The van der Waals surface area contributed by atoms with Crippen LogP contribution in [0.2, 0.25) is 0 Å². The molecule has 0 aromatic carbocycles. The lowest BCUT2D eigenvalue weighted by atomic mass is 10.3. The molecule has 0 saturated carbocycles. The number of nitrogens with one attached hydrogen (secondary N) is 1. The summed E-state index contributed by atoms with van der Waals surface area (Å²) in [6.45, 7) is 0. The first-order chi connectivity index (χ1) is 6.25. The first-order valence-corrected chi connectivity index (χ1v) is 4.99. The van der Waals surface area contributed by atoms with Crippen molar-refractivity contribution in [2.75, 3.05) is 0 Å². The Morgan fingerprint density at radius 3 is 2.43 bits per heavy atom. The van der Waals surface area contributed by atoms with Crippen LogP contribution >= 0.6 is 7.60 Å². The van der Waals surface area contributed by atoms with E-state index in [1.165, 1.54) is 0 Å². The van der Waals surface area contributed by atoms with Crippen LogP contribution in [0.25, 0.3) is 0 Å². The van der Waals surface area contributed by atoms with Crippen LogP contribution in [0.3, 0.4) is 0 Å². The molecule has 1 heterocycles. The third-order valence-electron chi connectivity index (χ3n) is 1.49. The van der Waals surface area contributed by atoms with Crippen molar-refractivity contribution in [2.24, 2.45) is 0 Å². The first kappa shape index (κ1) is 11.0. The quantitative estimate of drug-likeness (QED) is 0.643. The summed E-state index contributed by atoms with van der Waals surface area (Å²) < 4.78 is 36.3. The van der Waals surface area contributed by atoms with Crippen LogP contribution in [-0.2, 0) is 10.2 Å². The Bertz CT molecular complexity index is 437. The van der Waals surface area contributed by atoms with Crippen LogP contribution in [0.15, 0.2) is 23.1 Å². The van der Waals surface area contributed by atoms with Crippen molar-refractivity contribution in [3.05, 3.63) is 34.2 Å². The van der Waals surface area contributed by atoms with Crippen molar-refractivity contribution < 1.29 is 23.1 Å². The van der Waals surface area contributed by atoms with Crippen molar-refractivity contribution in [1.29, 1.82) is 0 Å². The maximum Gasteiger partial charge on any atom is 0.399 e. The van der Waals surface area contributed by atoms with Crippen molar-refractivity contribution in [2.45, 2.75) is 5.66 Å². The van der Waals surface area contributed by atoms with E-state index in [2.05, 4.69) is 4.98 Å². The minimum absolute atomic E-state index is 0.444. The molecule has 0 aliphatic heterocycles. The summed E-state index contributed by atoms with van der Waals surface area (Å²) in [4.78, 5) is 29.4. The van der Waals surface area contributed by atoms with Crippen molar-refractivity contribution in [1.82, 2.24) is 4.98 Å². The zero-order valence-corrected chi connectivity index (χ0v) is 7.54. The van der Waals surface area contributed by atoms with E-state index >= 15 is 0 Å². The average Bonchev–Trinajstić information content (AvgIpc) is 2.02. The molecule has 0 aliphatic carbocycles. The second-order valence-electron chi connectivity index (χ2n) is 2.53. The molecule has 1 rings (SSSR count). The first-order valence-electron chi connectivity index (χ1n) is 3.38. The summed E-state index contributed by atoms with van der Waals surface area (Å²) in [6, 6.07) is 1.18. The summed E-state index contributed by atoms with van der Waals surface area (Å²) >= 11 is 0. The topological polar surface area (TPSA) is 90.4 Å². The molecular weight excluding hydrogens is 219 g/mol. The lowest BCUT2D eigenvalue weighted by Crippen LogP contribution is -2.17. The molecule has 0 bridgehead atoms. The Balaban J connectivity index is 3.30. The van der Waals surface area contributed by atoms with Gasteiger partial charge < -0.3 is 14.8 Å². The molecule has 78 valence electrons. The van der Waals surface area contributed by atoms with Crippen molar-refractivity contribution in [3.63, 3.8) is 0 Å². The van der Waals surface area contributed by atoms with E-state index in [-0.39, 0.29) is 0 Å². The molecule has 0 saturated heterocycles. The molecule has 0 fully saturated rings. The fraction of sp³-hybridized carbons (Fsp3) is 0.167. The molecule has 14 heavy (non-hydrogen) atoms. The highest BCUT2D eigenvalue weighted by Crippen LogP contribution is 2.58. The number of hydrogen-bond donors (Lipinski definition) is 3. The van der Waals surface area contributed by atoms with Gasteiger partial charge in [0.15, 0.2) is 0 Å². The van der Waals surface area contributed by atoms with E-state index in [9.17, 15) is 18.1 Å². The van der Waals surface area contributed by atoms with E-state index in [0.29, 0.717) is 6.07 Å². The van der Waals surface area contributed by atoms with E-state index in [0.717, 1.165) is 12.3 Å². The van der Waals surface area contributed by atoms with Gasteiger partial charge in [-0.05, 0) is 6.07 Å². The fourth-order valence-corrected chi connectivity index (χ4v) is 1.28. The van der Waals surface area contributed by atoms with Gasteiger partial charge in [-0.3, -0.25) is 9.36 Å². The zero-order chi connectivity index (χ0) is 11.0. The van der Waals surface area contributed by atoms with Crippen LogP contribution in [0.1, 0.15) is 5.56 Å². The fourth-order valence-electron chi connectivity index (χ4n) is 0.800.